The zero-order chi connectivity index (χ0) is 30.8. The number of hydrogen-bond acceptors (Lipinski definition) is 6. The van der Waals surface area contributed by atoms with Crippen molar-refractivity contribution < 1.29 is 46.1 Å². The molecule has 42 heavy (non-hydrogen) atoms. The molecule has 0 atom stereocenters. The summed E-state index contributed by atoms with van der Waals surface area (Å²) in [7, 11) is 0. The number of imidazole rings is 1. The van der Waals surface area contributed by atoms with Crippen LogP contribution in [-0.4, -0.2) is 78.4 Å². The van der Waals surface area contributed by atoms with Crippen molar-refractivity contribution in [3.63, 3.8) is 0 Å². The van der Waals surface area contributed by atoms with Gasteiger partial charge in [-0.25, -0.2) is 14.6 Å². The maximum atomic E-state index is 12.6. The van der Waals surface area contributed by atoms with E-state index in [4.69, 9.17) is 24.8 Å². The first-order chi connectivity index (χ1) is 19.7. The van der Waals surface area contributed by atoms with Gasteiger partial charge in [-0.1, -0.05) is 0 Å². The van der Waals surface area contributed by atoms with Crippen LogP contribution in [0.2, 0.25) is 0 Å². The van der Waals surface area contributed by atoms with E-state index in [1.54, 1.807) is 18.6 Å². The van der Waals surface area contributed by atoms with E-state index in [1.165, 1.54) is 32.5 Å². The van der Waals surface area contributed by atoms with Gasteiger partial charge in [0.05, 0.1) is 16.6 Å². The summed E-state index contributed by atoms with van der Waals surface area (Å²) >= 11 is 0. The first kappa shape index (κ1) is 30.7. The minimum absolute atomic E-state index is 0.0824. The number of nitrogens with zero attached hydrogens (tertiary/aromatic N) is 4. The van der Waals surface area contributed by atoms with Crippen LogP contribution in [0.3, 0.4) is 0 Å². The van der Waals surface area contributed by atoms with E-state index in [0.29, 0.717) is 11.3 Å². The van der Waals surface area contributed by atoms with Gasteiger partial charge in [0.15, 0.2) is 0 Å². The predicted molar refractivity (Wildman–Crippen MR) is 137 cm³/mol. The van der Waals surface area contributed by atoms with Crippen molar-refractivity contribution in [2.45, 2.75) is 44.0 Å². The van der Waals surface area contributed by atoms with Crippen molar-refractivity contribution in [1.29, 1.82) is 0 Å². The normalized spacial score (nSPS) is 16.5. The molecule has 1 aliphatic carbocycles. The maximum Gasteiger partial charge on any atom is 0.490 e. The van der Waals surface area contributed by atoms with Gasteiger partial charge in [-0.15, -0.1) is 0 Å². The topological polar surface area (TPSA) is 141 Å². The largest absolute Gasteiger partial charge is 0.490 e. The molecule has 5 heterocycles. The molecule has 1 saturated carbocycles. The van der Waals surface area contributed by atoms with Crippen LogP contribution < -0.4 is 5.56 Å². The number of carbonyl (C=O) groups is 2. The molecule has 0 amide bonds. The number of aliphatic carboxylic acids is 2. The highest BCUT2D eigenvalue weighted by Crippen LogP contribution is 2.34. The molecule has 10 nitrogen and oxygen atoms in total. The summed E-state index contributed by atoms with van der Waals surface area (Å²) in [5, 5.41) is 16.8. The van der Waals surface area contributed by atoms with Gasteiger partial charge in [0.1, 0.15) is 5.65 Å². The lowest BCUT2D eigenvalue weighted by Crippen LogP contribution is -2.34. The summed E-state index contributed by atoms with van der Waals surface area (Å²) < 4.78 is 65.6. The fraction of sp³-hybridized carbons (Fsp3) is 0.423. The Bertz CT molecular complexity index is 1630. The molecular formula is C26H25F6N5O5. The van der Waals surface area contributed by atoms with Crippen LogP contribution in [0.15, 0.2) is 41.7 Å². The first-order valence-electron chi connectivity index (χ1n) is 12.8. The molecule has 3 N–H and O–H groups in total. The fourth-order valence-corrected chi connectivity index (χ4v) is 4.76. The van der Waals surface area contributed by atoms with Crippen LogP contribution in [-0.2, 0) is 9.59 Å². The van der Waals surface area contributed by atoms with Crippen molar-refractivity contribution in [3.8, 4) is 0 Å². The molecule has 226 valence electrons. The highest BCUT2D eigenvalue weighted by molar-refractivity contribution is 6.10. The van der Waals surface area contributed by atoms with Crippen LogP contribution in [0.25, 0.3) is 27.3 Å². The highest BCUT2D eigenvalue weighted by atomic mass is 19.4. The molecule has 6 rings (SSSR count). The summed E-state index contributed by atoms with van der Waals surface area (Å²) in [6, 6.07) is 3.92. The van der Waals surface area contributed by atoms with Gasteiger partial charge in [0, 0.05) is 48.0 Å². The van der Waals surface area contributed by atoms with Crippen molar-refractivity contribution in [3.05, 3.63) is 53.0 Å². The molecule has 0 radical (unpaired) electrons. The fourth-order valence-electron chi connectivity index (χ4n) is 4.76. The SMILES string of the molecule is O=C(O)C(F)(F)F.O=C(O)C(F)(F)F.O=c1[nH]ccc2c1c1cnccc1c1nc(C3CCN(CC4CC4)CC3)cn21. The molecule has 0 spiro atoms. The summed E-state index contributed by atoms with van der Waals surface area (Å²) in [4.78, 5) is 45.1. The van der Waals surface area contributed by atoms with Gasteiger partial charge in [-0.05, 0) is 56.8 Å². The van der Waals surface area contributed by atoms with Gasteiger partial charge >= 0.3 is 24.3 Å². The van der Waals surface area contributed by atoms with E-state index in [-0.39, 0.29) is 5.56 Å². The third-order valence-electron chi connectivity index (χ3n) is 6.96. The molecule has 1 saturated heterocycles. The Morgan fingerprint density at radius 3 is 2.10 bits per heavy atom. The van der Waals surface area contributed by atoms with E-state index in [1.807, 2.05) is 12.1 Å². The van der Waals surface area contributed by atoms with Crippen LogP contribution in [0, 0.1) is 5.92 Å². The maximum absolute atomic E-state index is 12.6. The van der Waals surface area contributed by atoms with Crippen LogP contribution >= 0.6 is 0 Å². The molecule has 16 heteroatoms. The lowest BCUT2D eigenvalue weighted by Gasteiger charge is -2.31. The van der Waals surface area contributed by atoms with Gasteiger partial charge in [0.25, 0.3) is 5.56 Å². The van der Waals surface area contributed by atoms with Gasteiger partial charge in [-0.2, -0.15) is 26.3 Å². The lowest BCUT2D eigenvalue weighted by atomic mass is 9.94. The van der Waals surface area contributed by atoms with Crippen LogP contribution in [0.1, 0.15) is 37.3 Å². The quantitative estimate of drug-likeness (QED) is 0.229. The Labute approximate surface area is 232 Å². The number of alkyl halides is 6. The van der Waals surface area contributed by atoms with E-state index in [2.05, 4.69) is 25.5 Å². The van der Waals surface area contributed by atoms with Gasteiger partial charge < -0.3 is 20.1 Å². The van der Waals surface area contributed by atoms with Crippen molar-refractivity contribution >= 4 is 39.3 Å². The monoisotopic (exact) mass is 601 g/mol. The summed E-state index contributed by atoms with van der Waals surface area (Å²) in [5.41, 5.74) is 2.88. The number of fused-ring (bicyclic) bond motifs is 6. The smallest absolute Gasteiger partial charge is 0.475 e. The van der Waals surface area contributed by atoms with Gasteiger partial charge in [0.2, 0.25) is 0 Å². The standard InChI is InChI=1S/C22H23N5O.2C2HF3O2/c28-22-20-17-11-23-7-3-16(17)21-25-18(13-27(21)19(20)4-8-24-22)15-5-9-26(10-6-15)12-14-1-2-14;2*3-2(4,5)1(6)7/h3-4,7-8,11,13-15H,1-2,5-6,9-10,12H2,(H,24,28);2*(H,6,7). The predicted octanol–water partition coefficient (Wildman–Crippen LogP) is 4.58. The molecule has 0 unspecified atom stereocenters. The Balaban J connectivity index is 0.000000243. The van der Waals surface area contributed by atoms with E-state index >= 15 is 0 Å². The number of likely N-dealkylation sites (tertiary alicyclic amines) is 1. The number of aromatic amines is 1. The molecule has 4 aromatic heterocycles. The molecule has 4 aromatic rings. The molecule has 0 aromatic carbocycles. The Hall–Kier alpha value is -4.21. The van der Waals surface area contributed by atoms with Crippen molar-refractivity contribution in [1.82, 2.24) is 24.3 Å². The number of nitrogens with one attached hydrogen (secondary N) is 1. The number of rotatable bonds is 3. The summed E-state index contributed by atoms with van der Waals surface area (Å²) in [6.45, 7) is 3.61. The number of pyridine rings is 3. The van der Waals surface area contributed by atoms with Crippen LogP contribution in [0.5, 0.6) is 0 Å². The highest BCUT2D eigenvalue weighted by Gasteiger charge is 2.39. The van der Waals surface area contributed by atoms with Gasteiger partial charge in [-0.3, -0.25) is 14.2 Å². The second-order valence-corrected chi connectivity index (χ2v) is 9.97. The number of H-pyrrole nitrogens is 1. The number of carboxylic acid groups (broad SMARTS) is 2. The number of hydrogen-bond donors (Lipinski definition) is 3. The molecule has 0 bridgehead atoms. The Morgan fingerprint density at radius 2 is 1.55 bits per heavy atom. The van der Waals surface area contributed by atoms with E-state index in [0.717, 1.165) is 46.4 Å². The molecular weight excluding hydrogens is 576 g/mol. The average Bonchev–Trinajstić information content (AvgIpc) is 3.62. The minimum Gasteiger partial charge on any atom is -0.475 e. The zero-order valence-electron chi connectivity index (χ0n) is 21.7. The van der Waals surface area contributed by atoms with Crippen LogP contribution in [0.4, 0.5) is 26.3 Å². The molecule has 2 aliphatic rings. The van der Waals surface area contributed by atoms with Crippen molar-refractivity contribution in [2.24, 2.45) is 5.92 Å². The number of halogens is 6. The zero-order valence-corrected chi connectivity index (χ0v) is 21.7. The third kappa shape index (κ3) is 7.16. The minimum atomic E-state index is -5.08. The number of carboxylic acids is 2. The Morgan fingerprint density at radius 1 is 0.952 bits per heavy atom. The third-order valence-corrected chi connectivity index (χ3v) is 6.96. The second-order valence-electron chi connectivity index (χ2n) is 9.97. The molecule has 1 aliphatic heterocycles. The van der Waals surface area contributed by atoms with E-state index in [9.17, 15) is 31.1 Å². The molecule has 2 fully saturated rings. The number of piperidine rings is 1. The second kappa shape index (κ2) is 12.0. The number of aromatic nitrogens is 4. The average molecular weight is 602 g/mol. The first-order valence-corrected chi connectivity index (χ1v) is 12.8. The van der Waals surface area contributed by atoms with E-state index < -0.39 is 24.3 Å². The summed E-state index contributed by atoms with van der Waals surface area (Å²) in [6.07, 6.45) is 2.40. The Kier molecular flexibility index (Phi) is 8.75. The summed E-state index contributed by atoms with van der Waals surface area (Å²) in [5.74, 6) is -4.07. The lowest BCUT2D eigenvalue weighted by molar-refractivity contribution is -0.193. The van der Waals surface area contributed by atoms with Crippen molar-refractivity contribution in [2.75, 3.05) is 19.6 Å².